The number of pyridine rings is 1. The summed E-state index contributed by atoms with van der Waals surface area (Å²) in [4.78, 5) is 51.2. The van der Waals surface area contributed by atoms with E-state index < -0.39 is 17.9 Å². The van der Waals surface area contributed by atoms with Crippen LogP contribution in [0.4, 0.5) is 0 Å². The molecule has 3 heterocycles. The van der Waals surface area contributed by atoms with Crippen LogP contribution in [0.3, 0.4) is 0 Å². The van der Waals surface area contributed by atoms with E-state index in [4.69, 9.17) is 5.73 Å². The van der Waals surface area contributed by atoms with Gasteiger partial charge in [-0.15, -0.1) is 0 Å². The third-order valence-corrected chi connectivity index (χ3v) is 5.84. The molecule has 3 amide bonds. The molecule has 0 aliphatic carbocycles. The molecule has 3 atom stereocenters. The molecule has 1 saturated heterocycles. The molecule has 0 spiro atoms. The standard InChI is InChI=1S/C22H24N4O4/c23-19(27)10-17(24-21(29)15-5-2-1-3-6-15)22(30)25-11-14-9-16(13-25)18-7-4-8-20(28)26(18)12-14/h1-8,14,16-17H,9-13H2,(H2,23,27)(H,24,29)/t14-,16-,17-/m1/s1. The Morgan fingerprint density at radius 2 is 1.80 bits per heavy atom. The molecule has 156 valence electrons. The van der Waals surface area contributed by atoms with E-state index in [2.05, 4.69) is 5.32 Å². The Hall–Kier alpha value is -3.42. The fourth-order valence-corrected chi connectivity index (χ4v) is 4.53. The lowest BCUT2D eigenvalue weighted by atomic mass is 9.83. The van der Waals surface area contributed by atoms with Crippen LogP contribution in [0.2, 0.25) is 0 Å². The van der Waals surface area contributed by atoms with Crippen LogP contribution in [0.25, 0.3) is 0 Å². The molecule has 8 heteroatoms. The van der Waals surface area contributed by atoms with Crippen LogP contribution < -0.4 is 16.6 Å². The smallest absolute Gasteiger partial charge is 0.251 e. The Morgan fingerprint density at radius 3 is 2.53 bits per heavy atom. The summed E-state index contributed by atoms with van der Waals surface area (Å²) in [6.45, 7) is 1.48. The molecule has 3 N–H and O–H groups in total. The summed E-state index contributed by atoms with van der Waals surface area (Å²) < 4.78 is 1.79. The highest BCUT2D eigenvalue weighted by atomic mass is 16.2. The van der Waals surface area contributed by atoms with Gasteiger partial charge >= 0.3 is 0 Å². The van der Waals surface area contributed by atoms with Gasteiger partial charge in [0, 0.05) is 42.9 Å². The molecule has 30 heavy (non-hydrogen) atoms. The summed E-state index contributed by atoms with van der Waals surface area (Å²) in [6.07, 6.45) is 0.642. The second kappa shape index (κ2) is 8.14. The Morgan fingerprint density at radius 1 is 1.03 bits per heavy atom. The monoisotopic (exact) mass is 408 g/mol. The van der Waals surface area contributed by atoms with E-state index in [1.807, 2.05) is 6.07 Å². The number of amides is 3. The number of aromatic nitrogens is 1. The summed E-state index contributed by atoms with van der Waals surface area (Å²) in [6, 6.07) is 12.7. The van der Waals surface area contributed by atoms with E-state index in [9.17, 15) is 19.2 Å². The zero-order chi connectivity index (χ0) is 21.3. The van der Waals surface area contributed by atoms with Crippen LogP contribution in [-0.2, 0) is 16.1 Å². The van der Waals surface area contributed by atoms with Crippen LogP contribution in [-0.4, -0.2) is 46.3 Å². The molecule has 1 fully saturated rings. The van der Waals surface area contributed by atoms with Crippen molar-refractivity contribution in [2.75, 3.05) is 13.1 Å². The van der Waals surface area contributed by atoms with Crippen LogP contribution in [0, 0.1) is 5.92 Å². The van der Waals surface area contributed by atoms with Crippen molar-refractivity contribution in [2.45, 2.75) is 31.3 Å². The first-order valence-electron chi connectivity index (χ1n) is 10.0. The first-order valence-corrected chi connectivity index (χ1v) is 10.0. The minimum atomic E-state index is -1.02. The summed E-state index contributed by atoms with van der Waals surface area (Å²) >= 11 is 0. The number of hydrogen-bond acceptors (Lipinski definition) is 4. The molecular formula is C22H24N4O4. The first kappa shape index (κ1) is 19.9. The van der Waals surface area contributed by atoms with Crippen LogP contribution in [0.15, 0.2) is 53.3 Å². The number of nitrogens with one attached hydrogen (secondary N) is 1. The Balaban J connectivity index is 1.53. The third-order valence-electron chi connectivity index (χ3n) is 5.84. The van der Waals surface area contributed by atoms with Crippen molar-refractivity contribution in [3.05, 3.63) is 70.1 Å². The summed E-state index contributed by atoms with van der Waals surface area (Å²) in [5.74, 6) is -1.20. The highest BCUT2D eigenvalue weighted by Gasteiger charge is 2.38. The Labute approximate surface area is 173 Å². The van der Waals surface area contributed by atoms with Crippen LogP contribution >= 0.6 is 0 Å². The van der Waals surface area contributed by atoms with Crippen molar-refractivity contribution < 1.29 is 14.4 Å². The molecule has 0 unspecified atom stereocenters. The van der Waals surface area contributed by atoms with Crippen molar-refractivity contribution in [2.24, 2.45) is 11.7 Å². The van der Waals surface area contributed by atoms with Gasteiger partial charge in [0.1, 0.15) is 6.04 Å². The number of hydrogen-bond donors (Lipinski definition) is 2. The van der Waals surface area contributed by atoms with Crippen molar-refractivity contribution in [1.29, 1.82) is 0 Å². The van der Waals surface area contributed by atoms with E-state index in [-0.39, 0.29) is 29.7 Å². The highest BCUT2D eigenvalue weighted by Crippen LogP contribution is 2.35. The van der Waals surface area contributed by atoms with Gasteiger partial charge in [-0.05, 0) is 30.5 Å². The quantitative estimate of drug-likeness (QED) is 0.748. The molecule has 0 saturated carbocycles. The Bertz CT molecular complexity index is 1030. The maximum Gasteiger partial charge on any atom is 0.251 e. The average molecular weight is 408 g/mol. The molecule has 1 aromatic heterocycles. The molecule has 2 aliphatic rings. The second-order valence-electron chi connectivity index (χ2n) is 8.00. The molecule has 8 nitrogen and oxygen atoms in total. The maximum atomic E-state index is 13.2. The zero-order valence-corrected chi connectivity index (χ0v) is 16.5. The SMILES string of the molecule is NC(=O)C[C@@H](NC(=O)c1ccccc1)C(=O)N1C[C@H]2C[C@H](C1)c1cccc(=O)n1C2. The molecule has 2 aromatic rings. The predicted octanol–water partition coefficient (Wildman–Crippen LogP) is 0.468. The number of nitrogens with zero attached hydrogens (tertiary/aromatic N) is 2. The molecular weight excluding hydrogens is 384 g/mol. The van der Waals surface area contributed by atoms with Gasteiger partial charge in [-0.1, -0.05) is 24.3 Å². The normalized spacial score (nSPS) is 20.7. The van der Waals surface area contributed by atoms with E-state index in [0.29, 0.717) is 25.2 Å². The lowest BCUT2D eigenvalue weighted by Crippen LogP contribution is -2.55. The lowest BCUT2D eigenvalue weighted by molar-refractivity contribution is -0.137. The van der Waals surface area contributed by atoms with Crippen LogP contribution in [0.1, 0.15) is 34.8 Å². The summed E-state index contributed by atoms with van der Waals surface area (Å²) in [5.41, 5.74) is 6.66. The van der Waals surface area contributed by atoms with Crippen molar-refractivity contribution in [1.82, 2.24) is 14.8 Å². The number of primary amides is 1. The van der Waals surface area contributed by atoms with E-state index >= 15 is 0 Å². The van der Waals surface area contributed by atoms with Gasteiger partial charge in [-0.3, -0.25) is 19.2 Å². The first-order chi connectivity index (χ1) is 14.4. The molecule has 1 aromatic carbocycles. The van der Waals surface area contributed by atoms with Gasteiger partial charge < -0.3 is 20.5 Å². The molecule has 2 bridgehead atoms. The number of rotatable bonds is 5. The number of carbonyl (C=O) groups is 3. The van der Waals surface area contributed by atoms with Crippen molar-refractivity contribution >= 4 is 17.7 Å². The van der Waals surface area contributed by atoms with E-state index in [0.717, 1.165) is 12.1 Å². The van der Waals surface area contributed by atoms with Crippen LogP contribution in [0.5, 0.6) is 0 Å². The number of nitrogens with two attached hydrogens (primary N) is 1. The van der Waals surface area contributed by atoms with Crippen molar-refractivity contribution in [3.8, 4) is 0 Å². The van der Waals surface area contributed by atoms with E-state index in [1.165, 1.54) is 0 Å². The maximum absolute atomic E-state index is 13.2. The predicted molar refractivity (Wildman–Crippen MR) is 110 cm³/mol. The highest BCUT2D eigenvalue weighted by molar-refractivity contribution is 5.98. The molecule has 0 radical (unpaired) electrons. The average Bonchev–Trinajstić information content (AvgIpc) is 2.73. The van der Waals surface area contributed by atoms with E-state index in [1.54, 1.807) is 51.9 Å². The summed E-state index contributed by atoms with van der Waals surface area (Å²) in [5, 5.41) is 2.67. The minimum absolute atomic E-state index is 0.0243. The van der Waals surface area contributed by atoms with Gasteiger partial charge in [0.05, 0.1) is 6.42 Å². The fraction of sp³-hybridized carbons (Fsp3) is 0.364. The molecule has 2 aliphatic heterocycles. The van der Waals surface area contributed by atoms with Gasteiger partial charge in [-0.25, -0.2) is 0 Å². The second-order valence-corrected chi connectivity index (χ2v) is 8.00. The minimum Gasteiger partial charge on any atom is -0.370 e. The van der Waals surface area contributed by atoms with Crippen molar-refractivity contribution in [3.63, 3.8) is 0 Å². The number of fused-ring (bicyclic) bond motifs is 4. The summed E-state index contributed by atoms with van der Waals surface area (Å²) in [7, 11) is 0. The third kappa shape index (κ3) is 3.98. The Kier molecular flexibility index (Phi) is 5.39. The number of likely N-dealkylation sites (tertiary alicyclic amines) is 1. The number of carbonyl (C=O) groups excluding carboxylic acids is 3. The molecule has 4 rings (SSSR count). The number of piperidine rings is 1. The van der Waals surface area contributed by atoms with Gasteiger partial charge in [-0.2, -0.15) is 0 Å². The van der Waals surface area contributed by atoms with Gasteiger partial charge in [0.25, 0.3) is 11.5 Å². The van der Waals surface area contributed by atoms with Gasteiger partial charge in [0.15, 0.2) is 0 Å². The fourth-order valence-electron chi connectivity index (χ4n) is 4.53. The largest absolute Gasteiger partial charge is 0.370 e. The van der Waals surface area contributed by atoms with Gasteiger partial charge in [0.2, 0.25) is 11.8 Å². The zero-order valence-electron chi connectivity index (χ0n) is 16.5. The lowest BCUT2D eigenvalue weighted by Gasteiger charge is -2.43. The number of benzene rings is 1. The topological polar surface area (TPSA) is 114 Å².